The normalized spacial score (nSPS) is 33.9. The van der Waals surface area contributed by atoms with E-state index in [9.17, 15) is 5.11 Å². The Labute approximate surface area is 100 Å². The monoisotopic (exact) mass is 225 g/mol. The van der Waals surface area contributed by atoms with Crippen LogP contribution in [0.5, 0.6) is 0 Å². The van der Waals surface area contributed by atoms with Crippen molar-refractivity contribution in [2.75, 3.05) is 7.05 Å². The molecular formula is C14H27NO. The maximum absolute atomic E-state index is 10.1. The van der Waals surface area contributed by atoms with Gasteiger partial charge >= 0.3 is 0 Å². The van der Waals surface area contributed by atoms with Crippen molar-refractivity contribution in [1.29, 1.82) is 0 Å². The fourth-order valence-electron chi connectivity index (χ4n) is 3.50. The molecule has 16 heavy (non-hydrogen) atoms. The van der Waals surface area contributed by atoms with Crippen molar-refractivity contribution in [1.82, 2.24) is 4.90 Å². The van der Waals surface area contributed by atoms with Gasteiger partial charge in [0.1, 0.15) is 0 Å². The minimum atomic E-state index is -0.0676. The predicted molar refractivity (Wildman–Crippen MR) is 67.5 cm³/mol. The third-order valence-electron chi connectivity index (χ3n) is 4.62. The zero-order chi connectivity index (χ0) is 11.4. The summed E-state index contributed by atoms with van der Waals surface area (Å²) >= 11 is 0. The molecule has 0 spiro atoms. The van der Waals surface area contributed by atoms with Gasteiger partial charge in [0.25, 0.3) is 0 Å². The highest BCUT2D eigenvalue weighted by Crippen LogP contribution is 2.28. The molecule has 0 amide bonds. The van der Waals surface area contributed by atoms with Crippen LogP contribution in [0.25, 0.3) is 0 Å². The first-order valence-electron chi connectivity index (χ1n) is 7.19. The second-order valence-electron chi connectivity index (χ2n) is 5.73. The molecule has 0 unspecified atom stereocenters. The maximum Gasteiger partial charge on any atom is 0.0695 e. The van der Waals surface area contributed by atoms with E-state index >= 15 is 0 Å². The standard InChI is InChI=1S/C14H27NO/c1-15(12-8-4-2-3-5-9-12)13-10-6-7-11-14(13)16/h12-14,16H,2-11H2,1H3/t13-,14-/m1/s1. The minimum absolute atomic E-state index is 0.0676. The van der Waals surface area contributed by atoms with Gasteiger partial charge in [-0.3, -0.25) is 4.90 Å². The number of hydrogen-bond acceptors (Lipinski definition) is 2. The summed E-state index contributed by atoms with van der Waals surface area (Å²) in [5.41, 5.74) is 0. The lowest BCUT2D eigenvalue weighted by Gasteiger charge is -2.39. The fraction of sp³-hybridized carbons (Fsp3) is 1.00. The van der Waals surface area contributed by atoms with Gasteiger partial charge in [-0.1, -0.05) is 38.5 Å². The second kappa shape index (κ2) is 6.02. The molecule has 0 aromatic rings. The van der Waals surface area contributed by atoms with Gasteiger partial charge in [-0.25, -0.2) is 0 Å². The van der Waals surface area contributed by atoms with Gasteiger partial charge in [-0.05, 0) is 32.7 Å². The first kappa shape index (κ1) is 12.4. The van der Waals surface area contributed by atoms with E-state index in [1.807, 2.05) is 0 Å². The number of likely N-dealkylation sites (N-methyl/N-ethyl adjacent to an activating group) is 1. The van der Waals surface area contributed by atoms with Gasteiger partial charge in [-0.15, -0.1) is 0 Å². The van der Waals surface area contributed by atoms with Crippen LogP contribution >= 0.6 is 0 Å². The molecule has 0 heterocycles. The summed E-state index contributed by atoms with van der Waals surface area (Å²) in [6.45, 7) is 0. The van der Waals surface area contributed by atoms with E-state index in [1.165, 1.54) is 57.8 Å². The smallest absolute Gasteiger partial charge is 0.0695 e. The highest BCUT2D eigenvalue weighted by atomic mass is 16.3. The van der Waals surface area contributed by atoms with E-state index < -0.39 is 0 Å². The Morgan fingerprint density at radius 3 is 2.00 bits per heavy atom. The molecule has 2 rings (SSSR count). The van der Waals surface area contributed by atoms with E-state index in [2.05, 4.69) is 11.9 Å². The molecule has 2 aliphatic carbocycles. The lowest BCUT2D eigenvalue weighted by atomic mass is 9.90. The molecule has 0 aromatic carbocycles. The van der Waals surface area contributed by atoms with E-state index in [0.29, 0.717) is 6.04 Å². The number of aliphatic hydroxyl groups excluding tert-OH is 1. The topological polar surface area (TPSA) is 23.5 Å². The summed E-state index contributed by atoms with van der Waals surface area (Å²) in [6, 6.07) is 1.18. The average molecular weight is 225 g/mol. The Morgan fingerprint density at radius 2 is 1.38 bits per heavy atom. The Kier molecular flexibility index (Phi) is 4.66. The summed E-state index contributed by atoms with van der Waals surface area (Å²) in [5.74, 6) is 0. The van der Waals surface area contributed by atoms with Gasteiger partial charge in [-0.2, -0.15) is 0 Å². The van der Waals surface area contributed by atoms with Crippen molar-refractivity contribution in [3.63, 3.8) is 0 Å². The summed E-state index contributed by atoms with van der Waals surface area (Å²) < 4.78 is 0. The Bertz CT molecular complexity index is 199. The second-order valence-corrected chi connectivity index (χ2v) is 5.73. The maximum atomic E-state index is 10.1. The van der Waals surface area contributed by atoms with Crippen LogP contribution in [0, 0.1) is 0 Å². The van der Waals surface area contributed by atoms with Gasteiger partial charge < -0.3 is 5.11 Å². The highest BCUT2D eigenvalue weighted by Gasteiger charge is 2.30. The quantitative estimate of drug-likeness (QED) is 0.730. The molecule has 2 nitrogen and oxygen atoms in total. The molecule has 0 bridgehead atoms. The number of rotatable bonds is 2. The zero-order valence-electron chi connectivity index (χ0n) is 10.7. The summed E-state index contributed by atoms with van der Waals surface area (Å²) in [6.07, 6.45) is 13.0. The molecule has 94 valence electrons. The van der Waals surface area contributed by atoms with Crippen LogP contribution in [0.2, 0.25) is 0 Å². The van der Waals surface area contributed by atoms with Crippen LogP contribution in [0.15, 0.2) is 0 Å². The highest BCUT2D eigenvalue weighted by molar-refractivity contribution is 4.85. The lowest BCUT2D eigenvalue weighted by Crippen LogP contribution is -2.48. The SMILES string of the molecule is CN(C1CCCCCC1)[C@@H]1CCCC[C@H]1O. The largest absolute Gasteiger partial charge is 0.391 e. The third kappa shape index (κ3) is 2.98. The molecule has 2 aliphatic rings. The van der Waals surface area contributed by atoms with E-state index in [0.717, 1.165) is 12.5 Å². The number of nitrogens with zero attached hydrogens (tertiary/aromatic N) is 1. The van der Waals surface area contributed by atoms with Crippen LogP contribution < -0.4 is 0 Å². The van der Waals surface area contributed by atoms with Crippen molar-refractivity contribution in [2.24, 2.45) is 0 Å². The molecule has 0 aromatic heterocycles. The van der Waals surface area contributed by atoms with Gasteiger partial charge in [0, 0.05) is 12.1 Å². The first-order chi connectivity index (χ1) is 7.79. The van der Waals surface area contributed by atoms with E-state index in [4.69, 9.17) is 0 Å². The van der Waals surface area contributed by atoms with Crippen molar-refractivity contribution in [3.05, 3.63) is 0 Å². The third-order valence-corrected chi connectivity index (χ3v) is 4.62. The Balaban J connectivity index is 1.90. The molecular weight excluding hydrogens is 198 g/mol. The number of hydrogen-bond donors (Lipinski definition) is 1. The minimum Gasteiger partial charge on any atom is -0.391 e. The van der Waals surface area contributed by atoms with Crippen LogP contribution in [0.1, 0.15) is 64.2 Å². The first-order valence-corrected chi connectivity index (χ1v) is 7.19. The van der Waals surface area contributed by atoms with Crippen molar-refractivity contribution in [2.45, 2.75) is 82.4 Å². The van der Waals surface area contributed by atoms with E-state index in [1.54, 1.807) is 0 Å². The summed E-state index contributed by atoms with van der Waals surface area (Å²) in [4.78, 5) is 2.51. The molecule has 0 aliphatic heterocycles. The molecule has 2 heteroatoms. The van der Waals surface area contributed by atoms with Crippen molar-refractivity contribution < 1.29 is 5.11 Å². The van der Waals surface area contributed by atoms with Crippen molar-refractivity contribution in [3.8, 4) is 0 Å². The summed E-state index contributed by atoms with van der Waals surface area (Å²) in [5, 5.41) is 10.1. The molecule has 2 atom stereocenters. The van der Waals surface area contributed by atoms with Gasteiger partial charge in [0.05, 0.1) is 6.10 Å². The molecule has 1 N–H and O–H groups in total. The van der Waals surface area contributed by atoms with E-state index in [-0.39, 0.29) is 6.10 Å². The molecule has 0 saturated heterocycles. The lowest BCUT2D eigenvalue weighted by molar-refractivity contribution is 0.00956. The van der Waals surface area contributed by atoms with Crippen LogP contribution in [0.3, 0.4) is 0 Å². The summed E-state index contributed by atoms with van der Waals surface area (Å²) in [7, 11) is 2.25. The van der Waals surface area contributed by atoms with Gasteiger partial charge in [0.2, 0.25) is 0 Å². The number of aliphatic hydroxyl groups is 1. The zero-order valence-corrected chi connectivity index (χ0v) is 10.7. The van der Waals surface area contributed by atoms with Gasteiger partial charge in [0.15, 0.2) is 0 Å². The predicted octanol–water partition coefficient (Wildman–Crippen LogP) is 2.94. The average Bonchev–Trinajstić information content (AvgIpc) is 2.57. The molecule has 2 saturated carbocycles. The molecule has 2 fully saturated rings. The Morgan fingerprint density at radius 1 is 0.812 bits per heavy atom. The van der Waals surface area contributed by atoms with Crippen molar-refractivity contribution >= 4 is 0 Å². The Hall–Kier alpha value is -0.0800. The van der Waals surface area contributed by atoms with Crippen LogP contribution in [-0.2, 0) is 0 Å². The molecule has 0 radical (unpaired) electrons. The van der Waals surface area contributed by atoms with Crippen LogP contribution in [-0.4, -0.2) is 35.2 Å². The fourth-order valence-corrected chi connectivity index (χ4v) is 3.50. The van der Waals surface area contributed by atoms with Crippen LogP contribution in [0.4, 0.5) is 0 Å².